The van der Waals surface area contributed by atoms with Crippen molar-refractivity contribution in [1.82, 2.24) is 10.2 Å². The van der Waals surface area contributed by atoms with E-state index in [1.807, 2.05) is 19.1 Å². The van der Waals surface area contributed by atoms with Gasteiger partial charge < -0.3 is 5.32 Å². The highest BCUT2D eigenvalue weighted by Crippen LogP contribution is 2.10. The zero-order valence-electron chi connectivity index (χ0n) is 8.79. The number of anilines is 1. The molecule has 1 unspecified atom stereocenters. The van der Waals surface area contributed by atoms with Gasteiger partial charge in [0.05, 0.1) is 11.1 Å². The van der Waals surface area contributed by atoms with Crippen LogP contribution in [0, 0.1) is 12.8 Å². The number of hydrogen-bond donors (Lipinski definition) is 1. The van der Waals surface area contributed by atoms with E-state index < -0.39 is 0 Å². The molecule has 1 N–H and O–H groups in total. The largest absolute Gasteiger partial charge is 0.367 e. The van der Waals surface area contributed by atoms with Gasteiger partial charge in [-0.25, -0.2) is 0 Å². The van der Waals surface area contributed by atoms with Crippen LogP contribution < -0.4 is 5.32 Å². The highest BCUT2D eigenvalue weighted by molar-refractivity contribution is 6.21. The van der Waals surface area contributed by atoms with Gasteiger partial charge >= 0.3 is 0 Å². The second-order valence-electron chi connectivity index (χ2n) is 3.70. The molecule has 4 heteroatoms. The molecule has 3 nitrogen and oxygen atoms in total. The average molecular weight is 214 g/mol. The van der Waals surface area contributed by atoms with Gasteiger partial charge in [0, 0.05) is 6.54 Å². The van der Waals surface area contributed by atoms with Crippen LogP contribution in [-0.2, 0) is 0 Å². The van der Waals surface area contributed by atoms with Gasteiger partial charge in [-0.1, -0.05) is 13.8 Å². The number of rotatable bonds is 4. The van der Waals surface area contributed by atoms with Gasteiger partial charge in [-0.05, 0) is 25.0 Å². The lowest BCUT2D eigenvalue weighted by atomic mass is 10.1. The van der Waals surface area contributed by atoms with Crippen molar-refractivity contribution in [3.8, 4) is 0 Å². The number of aromatic nitrogens is 2. The van der Waals surface area contributed by atoms with E-state index in [2.05, 4.69) is 29.4 Å². The molecule has 0 aliphatic rings. The molecule has 0 aliphatic heterocycles. The third-order valence-corrected chi connectivity index (χ3v) is 2.66. The van der Waals surface area contributed by atoms with Crippen molar-refractivity contribution in [1.29, 1.82) is 0 Å². The molecule has 1 rings (SSSR count). The summed E-state index contributed by atoms with van der Waals surface area (Å²) in [5.74, 6) is 1.24. The Morgan fingerprint density at radius 2 is 2.07 bits per heavy atom. The zero-order valence-corrected chi connectivity index (χ0v) is 9.54. The fraction of sp³-hybridized carbons (Fsp3) is 0.600. The van der Waals surface area contributed by atoms with Crippen molar-refractivity contribution in [3.63, 3.8) is 0 Å². The maximum atomic E-state index is 6.09. The van der Waals surface area contributed by atoms with Crippen LogP contribution in [0.4, 0.5) is 5.82 Å². The number of halogens is 1. The minimum Gasteiger partial charge on any atom is -0.367 e. The summed E-state index contributed by atoms with van der Waals surface area (Å²) in [6.07, 6.45) is 0. The van der Waals surface area contributed by atoms with Gasteiger partial charge in [0.2, 0.25) is 0 Å². The number of hydrogen-bond acceptors (Lipinski definition) is 3. The number of nitrogens with zero attached hydrogens (tertiary/aromatic N) is 2. The van der Waals surface area contributed by atoms with Crippen LogP contribution >= 0.6 is 11.6 Å². The Balaban J connectivity index is 2.42. The summed E-state index contributed by atoms with van der Waals surface area (Å²) in [5.41, 5.74) is 0.918. The molecule has 0 aliphatic carbocycles. The molecule has 14 heavy (non-hydrogen) atoms. The van der Waals surface area contributed by atoms with Gasteiger partial charge in [0.25, 0.3) is 0 Å². The minimum atomic E-state index is 0.123. The highest BCUT2D eigenvalue weighted by Gasteiger charge is 2.08. The molecule has 0 fully saturated rings. The molecule has 0 amide bonds. The van der Waals surface area contributed by atoms with E-state index in [-0.39, 0.29) is 5.38 Å². The van der Waals surface area contributed by atoms with E-state index in [4.69, 9.17) is 11.6 Å². The average Bonchev–Trinajstić information content (AvgIpc) is 2.16. The zero-order chi connectivity index (χ0) is 10.6. The van der Waals surface area contributed by atoms with Crippen LogP contribution in [0.5, 0.6) is 0 Å². The van der Waals surface area contributed by atoms with E-state index in [9.17, 15) is 0 Å². The summed E-state index contributed by atoms with van der Waals surface area (Å²) in [6, 6.07) is 3.83. The predicted molar refractivity (Wildman–Crippen MR) is 59.7 cm³/mol. The highest BCUT2D eigenvalue weighted by atomic mass is 35.5. The number of alkyl halides is 1. The lowest BCUT2D eigenvalue weighted by Gasteiger charge is -2.13. The molecular formula is C10H16ClN3. The molecule has 1 aromatic rings. The molecular weight excluding hydrogens is 198 g/mol. The molecule has 1 aromatic heterocycles. The summed E-state index contributed by atoms with van der Waals surface area (Å²) in [5, 5.41) is 11.2. The van der Waals surface area contributed by atoms with Crippen molar-refractivity contribution in [2.75, 3.05) is 11.9 Å². The summed E-state index contributed by atoms with van der Waals surface area (Å²) in [4.78, 5) is 0. The van der Waals surface area contributed by atoms with Crippen LogP contribution in [0.15, 0.2) is 12.1 Å². The molecule has 1 atom stereocenters. The van der Waals surface area contributed by atoms with Crippen LogP contribution in [0.1, 0.15) is 19.5 Å². The summed E-state index contributed by atoms with van der Waals surface area (Å²) in [7, 11) is 0. The van der Waals surface area contributed by atoms with Crippen molar-refractivity contribution in [3.05, 3.63) is 17.8 Å². The topological polar surface area (TPSA) is 37.8 Å². The van der Waals surface area contributed by atoms with Crippen molar-refractivity contribution < 1.29 is 0 Å². The summed E-state index contributed by atoms with van der Waals surface area (Å²) in [6.45, 7) is 6.83. The first-order valence-corrected chi connectivity index (χ1v) is 5.21. The van der Waals surface area contributed by atoms with Gasteiger partial charge in [-0.2, -0.15) is 5.10 Å². The first-order chi connectivity index (χ1) is 6.59. The number of nitrogens with one attached hydrogen (secondary N) is 1. The van der Waals surface area contributed by atoms with Gasteiger partial charge in [0.1, 0.15) is 5.82 Å². The van der Waals surface area contributed by atoms with Gasteiger partial charge in [-0.3, -0.25) is 0 Å². The Hall–Kier alpha value is -0.830. The molecule has 0 aromatic carbocycles. The van der Waals surface area contributed by atoms with E-state index in [0.717, 1.165) is 18.1 Å². The van der Waals surface area contributed by atoms with E-state index >= 15 is 0 Å². The molecule has 0 bridgehead atoms. The Morgan fingerprint density at radius 3 is 2.57 bits per heavy atom. The number of aryl methyl sites for hydroxylation is 1. The molecule has 78 valence electrons. The lowest BCUT2D eigenvalue weighted by molar-refractivity contribution is 0.615. The predicted octanol–water partition coefficient (Wildman–Crippen LogP) is 2.46. The Labute approximate surface area is 89.9 Å². The normalized spacial score (nSPS) is 12.9. The van der Waals surface area contributed by atoms with Crippen LogP contribution in [0.3, 0.4) is 0 Å². The van der Waals surface area contributed by atoms with Crippen molar-refractivity contribution in [2.24, 2.45) is 5.92 Å². The van der Waals surface area contributed by atoms with Crippen LogP contribution in [-0.4, -0.2) is 22.1 Å². The van der Waals surface area contributed by atoms with E-state index in [0.29, 0.717) is 5.92 Å². The van der Waals surface area contributed by atoms with Gasteiger partial charge in [-0.15, -0.1) is 16.7 Å². The standard InChI is InChI=1S/C10H16ClN3/c1-7(2)9(11)6-12-10-5-4-8(3)13-14-10/h4-5,7,9H,6H2,1-3H3,(H,12,14). The monoisotopic (exact) mass is 213 g/mol. The third kappa shape index (κ3) is 3.50. The Bertz CT molecular complexity index is 271. The second kappa shape index (κ2) is 5.15. The summed E-state index contributed by atoms with van der Waals surface area (Å²) >= 11 is 6.09. The van der Waals surface area contributed by atoms with Crippen LogP contribution in [0.2, 0.25) is 0 Å². The fourth-order valence-corrected chi connectivity index (χ4v) is 1.01. The molecule has 1 heterocycles. The third-order valence-electron chi connectivity index (χ3n) is 2.00. The smallest absolute Gasteiger partial charge is 0.148 e. The quantitative estimate of drug-likeness (QED) is 0.781. The van der Waals surface area contributed by atoms with E-state index in [1.54, 1.807) is 0 Å². The second-order valence-corrected chi connectivity index (χ2v) is 4.26. The van der Waals surface area contributed by atoms with Crippen LogP contribution in [0.25, 0.3) is 0 Å². The van der Waals surface area contributed by atoms with Crippen molar-refractivity contribution >= 4 is 17.4 Å². The molecule has 0 saturated heterocycles. The Morgan fingerprint density at radius 1 is 1.36 bits per heavy atom. The van der Waals surface area contributed by atoms with Gasteiger partial charge in [0.15, 0.2) is 0 Å². The molecule has 0 radical (unpaired) electrons. The summed E-state index contributed by atoms with van der Waals surface area (Å²) < 4.78 is 0. The maximum Gasteiger partial charge on any atom is 0.148 e. The van der Waals surface area contributed by atoms with E-state index in [1.165, 1.54) is 0 Å². The first kappa shape index (κ1) is 11.2. The Kier molecular flexibility index (Phi) is 4.14. The fourth-order valence-electron chi connectivity index (χ4n) is 0.931. The maximum absolute atomic E-state index is 6.09. The molecule has 0 spiro atoms. The minimum absolute atomic E-state index is 0.123. The first-order valence-electron chi connectivity index (χ1n) is 4.78. The molecule has 0 saturated carbocycles. The SMILES string of the molecule is Cc1ccc(NCC(Cl)C(C)C)nn1. The van der Waals surface area contributed by atoms with Crippen molar-refractivity contribution in [2.45, 2.75) is 26.1 Å². The lowest BCUT2D eigenvalue weighted by Crippen LogP contribution is -2.20.